The van der Waals surface area contributed by atoms with Crippen LogP contribution in [0.5, 0.6) is 0 Å². The quantitative estimate of drug-likeness (QED) is 0.742. The summed E-state index contributed by atoms with van der Waals surface area (Å²) in [4.78, 5) is 11.5. The molecule has 82 valence electrons. The van der Waals surface area contributed by atoms with E-state index in [9.17, 15) is 4.79 Å². The van der Waals surface area contributed by atoms with Crippen LogP contribution in [0, 0.1) is 5.92 Å². The minimum atomic E-state index is -0.406. The fourth-order valence-electron chi connectivity index (χ4n) is 1.49. The van der Waals surface area contributed by atoms with Crippen molar-refractivity contribution in [1.29, 1.82) is 0 Å². The van der Waals surface area contributed by atoms with Gasteiger partial charge in [0.05, 0.1) is 0 Å². The van der Waals surface area contributed by atoms with E-state index in [1.807, 2.05) is 20.8 Å². The molecule has 1 N–H and O–H groups in total. The molecule has 0 aromatic rings. The predicted octanol–water partition coefficient (Wildman–Crippen LogP) is 2.70. The lowest BCUT2D eigenvalue weighted by Gasteiger charge is -2.25. The van der Waals surface area contributed by atoms with Gasteiger partial charge in [0.2, 0.25) is 0 Å². The molecule has 0 unspecified atom stereocenters. The molecule has 0 bridgehead atoms. The van der Waals surface area contributed by atoms with Crippen LogP contribution in [0.1, 0.15) is 47.5 Å². The molecule has 3 heteroatoms. The molecule has 0 saturated heterocycles. The highest BCUT2D eigenvalue weighted by molar-refractivity contribution is 5.69. The first-order valence-electron chi connectivity index (χ1n) is 5.26. The molecule has 14 heavy (non-hydrogen) atoms. The molecule has 0 atom stereocenters. The van der Waals surface area contributed by atoms with Gasteiger partial charge in [0.25, 0.3) is 0 Å². The summed E-state index contributed by atoms with van der Waals surface area (Å²) < 4.78 is 5.21. The van der Waals surface area contributed by atoms with Crippen molar-refractivity contribution in [3.05, 3.63) is 0 Å². The van der Waals surface area contributed by atoms with E-state index in [1.54, 1.807) is 0 Å². The number of hydrogen-bond donors (Lipinski definition) is 1. The van der Waals surface area contributed by atoms with Gasteiger partial charge >= 0.3 is 6.09 Å². The normalized spacial score (nSPS) is 19.3. The van der Waals surface area contributed by atoms with Gasteiger partial charge in [-0.15, -0.1) is 0 Å². The van der Waals surface area contributed by atoms with Gasteiger partial charge in [-0.2, -0.15) is 0 Å². The second-order valence-electron chi connectivity index (χ2n) is 5.44. The summed E-state index contributed by atoms with van der Waals surface area (Å²) in [6.45, 7) is 9.89. The molecule has 1 rings (SSSR count). The smallest absolute Gasteiger partial charge is 0.408 e. The molecule has 0 aromatic carbocycles. The molecule has 0 aromatic heterocycles. The van der Waals surface area contributed by atoms with E-state index in [1.165, 1.54) is 0 Å². The van der Waals surface area contributed by atoms with Crippen LogP contribution in [-0.4, -0.2) is 17.2 Å². The Bertz CT molecular complexity index is 224. The maximum absolute atomic E-state index is 11.5. The first-order valence-corrected chi connectivity index (χ1v) is 5.26. The Balaban J connectivity index is 2.42. The highest BCUT2D eigenvalue weighted by Gasteiger charge is 2.47. The van der Waals surface area contributed by atoms with Crippen molar-refractivity contribution in [3.63, 3.8) is 0 Å². The van der Waals surface area contributed by atoms with E-state index in [0.717, 1.165) is 12.8 Å². The summed E-state index contributed by atoms with van der Waals surface area (Å²) in [5.41, 5.74) is -0.389. The second-order valence-corrected chi connectivity index (χ2v) is 5.44. The predicted molar refractivity (Wildman–Crippen MR) is 56.2 cm³/mol. The number of carbonyl (C=O) groups excluding carboxylic acids is 1. The van der Waals surface area contributed by atoms with Crippen molar-refractivity contribution < 1.29 is 9.53 Å². The summed E-state index contributed by atoms with van der Waals surface area (Å²) in [5, 5.41) is 2.96. The van der Waals surface area contributed by atoms with E-state index in [2.05, 4.69) is 19.2 Å². The van der Waals surface area contributed by atoms with E-state index in [-0.39, 0.29) is 11.6 Å². The Hall–Kier alpha value is -0.730. The first-order chi connectivity index (χ1) is 6.25. The van der Waals surface area contributed by atoms with Gasteiger partial charge in [-0.3, -0.25) is 0 Å². The Kier molecular flexibility index (Phi) is 2.79. The number of amides is 1. The maximum Gasteiger partial charge on any atom is 0.408 e. The zero-order valence-electron chi connectivity index (χ0n) is 9.81. The summed E-state index contributed by atoms with van der Waals surface area (Å²) in [6.07, 6.45) is 1.86. The zero-order chi connectivity index (χ0) is 11.0. The fourth-order valence-corrected chi connectivity index (χ4v) is 1.49. The lowest BCUT2D eigenvalue weighted by Crippen LogP contribution is -2.43. The summed E-state index contributed by atoms with van der Waals surface area (Å²) in [7, 11) is 0. The number of ether oxygens (including phenoxy) is 1. The highest BCUT2D eigenvalue weighted by Crippen LogP contribution is 2.42. The number of carbonyl (C=O) groups is 1. The fraction of sp³-hybridized carbons (Fsp3) is 0.909. The molecule has 1 saturated carbocycles. The van der Waals surface area contributed by atoms with Crippen LogP contribution < -0.4 is 5.32 Å². The van der Waals surface area contributed by atoms with Gasteiger partial charge in [-0.1, -0.05) is 13.8 Å². The van der Waals surface area contributed by atoms with Crippen LogP contribution in [0.4, 0.5) is 4.79 Å². The van der Waals surface area contributed by atoms with Crippen LogP contribution in [-0.2, 0) is 4.74 Å². The largest absolute Gasteiger partial charge is 0.444 e. The average Bonchev–Trinajstić information content (AvgIpc) is 2.63. The second kappa shape index (κ2) is 3.44. The van der Waals surface area contributed by atoms with Gasteiger partial charge in [0.1, 0.15) is 5.60 Å². The molecule has 1 fully saturated rings. The molecule has 0 heterocycles. The monoisotopic (exact) mass is 199 g/mol. The van der Waals surface area contributed by atoms with Crippen molar-refractivity contribution in [2.24, 2.45) is 5.92 Å². The highest BCUT2D eigenvalue weighted by atomic mass is 16.6. The molecule has 1 amide bonds. The first kappa shape index (κ1) is 11.3. The Labute approximate surface area is 86.2 Å². The third-order valence-electron chi connectivity index (χ3n) is 2.64. The SMILES string of the molecule is CC(C)C1(NC(=O)OC(C)(C)C)CC1. The molecular formula is C11H21NO2. The van der Waals surface area contributed by atoms with Crippen molar-refractivity contribution in [2.45, 2.75) is 58.6 Å². The third kappa shape index (κ3) is 2.89. The summed E-state index contributed by atoms with van der Waals surface area (Å²) in [5.74, 6) is 0.481. The molecule has 1 aliphatic rings. The summed E-state index contributed by atoms with van der Waals surface area (Å²) >= 11 is 0. The van der Waals surface area contributed by atoms with Crippen molar-refractivity contribution in [2.75, 3.05) is 0 Å². The van der Waals surface area contributed by atoms with Crippen molar-refractivity contribution in [3.8, 4) is 0 Å². The molecule has 0 aliphatic heterocycles. The lowest BCUT2D eigenvalue weighted by atomic mass is 10.0. The zero-order valence-corrected chi connectivity index (χ0v) is 9.81. The van der Waals surface area contributed by atoms with Gasteiger partial charge in [-0.25, -0.2) is 4.79 Å². The van der Waals surface area contributed by atoms with Gasteiger partial charge in [-0.05, 0) is 39.5 Å². The van der Waals surface area contributed by atoms with Crippen LogP contribution in [0.25, 0.3) is 0 Å². The van der Waals surface area contributed by atoms with E-state index in [0.29, 0.717) is 5.92 Å². The van der Waals surface area contributed by atoms with E-state index in [4.69, 9.17) is 4.74 Å². The minimum absolute atomic E-state index is 0.0162. The van der Waals surface area contributed by atoms with Crippen molar-refractivity contribution >= 4 is 6.09 Å². The lowest BCUT2D eigenvalue weighted by molar-refractivity contribution is 0.0480. The number of alkyl carbamates (subject to hydrolysis) is 1. The Morgan fingerprint density at radius 1 is 1.36 bits per heavy atom. The number of hydrogen-bond acceptors (Lipinski definition) is 2. The summed E-state index contributed by atoms with van der Waals surface area (Å²) in [6, 6.07) is 0. The van der Waals surface area contributed by atoms with Gasteiger partial charge in [0.15, 0.2) is 0 Å². The van der Waals surface area contributed by atoms with E-state index < -0.39 is 5.60 Å². The Morgan fingerprint density at radius 3 is 2.14 bits per heavy atom. The van der Waals surface area contributed by atoms with E-state index >= 15 is 0 Å². The van der Waals surface area contributed by atoms with Crippen LogP contribution in [0.3, 0.4) is 0 Å². The Morgan fingerprint density at radius 2 is 1.86 bits per heavy atom. The molecule has 3 nitrogen and oxygen atoms in total. The van der Waals surface area contributed by atoms with Crippen LogP contribution in [0.15, 0.2) is 0 Å². The van der Waals surface area contributed by atoms with Gasteiger partial charge in [0, 0.05) is 5.54 Å². The molecule has 0 spiro atoms. The topological polar surface area (TPSA) is 38.3 Å². The van der Waals surface area contributed by atoms with Crippen LogP contribution >= 0.6 is 0 Å². The maximum atomic E-state index is 11.5. The van der Waals surface area contributed by atoms with Crippen molar-refractivity contribution in [1.82, 2.24) is 5.32 Å². The average molecular weight is 199 g/mol. The molecule has 0 radical (unpaired) electrons. The molecular weight excluding hydrogens is 178 g/mol. The standard InChI is InChI=1S/C11H21NO2/c1-8(2)11(6-7-11)12-9(13)14-10(3,4)5/h8H,6-7H2,1-5H3,(H,12,13). The third-order valence-corrected chi connectivity index (χ3v) is 2.64. The van der Waals surface area contributed by atoms with Gasteiger partial charge < -0.3 is 10.1 Å². The van der Waals surface area contributed by atoms with Crippen LogP contribution in [0.2, 0.25) is 0 Å². The minimum Gasteiger partial charge on any atom is -0.444 e. The molecule has 1 aliphatic carbocycles. The number of nitrogens with one attached hydrogen (secondary N) is 1. The number of rotatable bonds is 2.